The van der Waals surface area contributed by atoms with Crippen molar-refractivity contribution in [3.8, 4) is 0 Å². The smallest absolute Gasteiger partial charge is 0.0386 e. The van der Waals surface area contributed by atoms with Crippen molar-refractivity contribution >= 4 is 28.3 Å². The fourth-order valence-corrected chi connectivity index (χ4v) is 2.42. The van der Waals surface area contributed by atoms with Gasteiger partial charge in [-0.15, -0.1) is 0 Å². The first-order chi connectivity index (χ1) is 9.48. The predicted molar refractivity (Wildman–Crippen MR) is 98.3 cm³/mol. The standard InChI is InChI=1S/C17H29IN2/c1-5-7-10-19-12-14-11-15(18)8-9-16(14)20-13-17(3,4)6-2/h8-9,11,19-20H,5-7,10,12-13H2,1-4H3. The first kappa shape index (κ1) is 17.8. The maximum atomic E-state index is 3.63. The zero-order valence-corrected chi connectivity index (χ0v) is 15.5. The first-order valence-electron chi connectivity index (χ1n) is 7.71. The summed E-state index contributed by atoms with van der Waals surface area (Å²) in [5, 5.41) is 7.17. The summed E-state index contributed by atoms with van der Waals surface area (Å²) in [5.74, 6) is 0. The topological polar surface area (TPSA) is 24.1 Å². The Balaban J connectivity index is 2.64. The normalized spacial score (nSPS) is 11.7. The molecule has 2 nitrogen and oxygen atoms in total. The van der Waals surface area contributed by atoms with Gasteiger partial charge in [0, 0.05) is 22.3 Å². The molecule has 0 fully saturated rings. The van der Waals surface area contributed by atoms with E-state index in [1.165, 1.54) is 34.1 Å². The van der Waals surface area contributed by atoms with Crippen molar-refractivity contribution in [2.75, 3.05) is 18.4 Å². The van der Waals surface area contributed by atoms with Crippen LogP contribution < -0.4 is 10.6 Å². The molecule has 1 rings (SSSR count). The number of hydrogen-bond donors (Lipinski definition) is 2. The minimum absolute atomic E-state index is 0.343. The highest BCUT2D eigenvalue weighted by atomic mass is 127. The van der Waals surface area contributed by atoms with Crippen LogP contribution in [0.15, 0.2) is 18.2 Å². The van der Waals surface area contributed by atoms with Crippen LogP contribution in [0.25, 0.3) is 0 Å². The second-order valence-electron chi connectivity index (χ2n) is 6.20. The number of hydrogen-bond acceptors (Lipinski definition) is 2. The predicted octanol–water partition coefficient (Wildman–Crippen LogP) is 5.03. The highest BCUT2D eigenvalue weighted by Crippen LogP contribution is 2.23. The van der Waals surface area contributed by atoms with Gasteiger partial charge in [0.05, 0.1) is 0 Å². The van der Waals surface area contributed by atoms with Crippen LogP contribution in [0.2, 0.25) is 0 Å². The highest BCUT2D eigenvalue weighted by Gasteiger charge is 2.15. The molecule has 0 saturated heterocycles. The molecule has 0 aliphatic carbocycles. The number of anilines is 1. The first-order valence-corrected chi connectivity index (χ1v) is 8.79. The summed E-state index contributed by atoms with van der Waals surface area (Å²) in [6, 6.07) is 6.67. The molecule has 0 aliphatic rings. The van der Waals surface area contributed by atoms with Crippen LogP contribution in [-0.2, 0) is 6.54 Å². The van der Waals surface area contributed by atoms with Gasteiger partial charge in [-0.05, 0) is 71.2 Å². The van der Waals surface area contributed by atoms with E-state index < -0.39 is 0 Å². The number of unbranched alkanes of at least 4 members (excludes halogenated alkanes) is 1. The Kier molecular flexibility index (Phi) is 7.88. The maximum absolute atomic E-state index is 3.63. The van der Waals surface area contributed by atoms with Gasteiger partial charge in [-0.2, -0.15) is 0 Å². The average molecular weight is 388 g/mol. The molecule has 0 bridgehead atoms. The largest absolute Gasteiger partial charge is 0.384 e. The summed E-state index contributed by atoms with van der Waals surface area (Å²) in [6.07, 6.45) is 3.68. The summed E-state index contributed by atoms with van der Waals surface area (Å²) in [5.41, 5.74) is 2.99. The van der Waals surface area contributed by atoms with Gasteiger partial charge in [0.2, 0.25) is 0 Å². The van der Waals surface area contributed by atoms with Crippen LogP contribution >= 0.6 is 22.6 Å². The third-order valence-corrected chi connectivity index (χ3v) is 4.48. The monoisotopic (exact) mass is 388 g/mol. The van der Waals surface area contributed by atoms with Crippen molar-refractivity contribution in [2.45, 2.75) is 53.5 Å². The summed E-state index contributed by atoms with van der Waals surface area (Å²) in [6.45, 7) is 12.2. The molecule has 0 heterocycles. The lowest BCUT2D eigenvalue weighted by Crippen LogP contribution is -2.23. The van der Waals surface area contributed by atoms with Crippen molar-refractivity contribution in [3.63, 3.8) is 0 Å². The molecule has 0 saturated carbocycles. The van der Waals surface area contributed by atoms with Gasteiger partial charge in [-0.3, -0.25) is 0 Å². The third-order valence-electron chi connectivity index (χ3n) is 3.80. The Morgan fingerprint density at radius 1 is 1.20 bits per heavy atom. The van der Waals surface area contributed by atoms with Gasteiger partial charge in [0.1, 0.15) is 0 Å². The van der Waals surface area contributed by atoms with E-state index in [1.807, 2.05) is 0 Å². The zero-order chi connectivity index (χ0) is 15.0. The molecule has 20 heavy (non-hydrogen) atoms. The Hall–Kier alpha value is -0.290. The molecule has 0 aromatic heterocycles. The van der Waals surface area contributed by atoms with Crippen LogP contribution in [-0.4, -0.2) is 13.1 Å². The quantitative estimate of drug-likeness (QED) is 0.458. The second kappa shape index (κ2) is 8.88. The molecule has 1 aromatic carbocycles. The highest BCUT2D eigenvalue weighted by molar-refractivity contribution is 14.1. The van der Waals surface area contributed by atoms with Gasteiger partial charge in [-0.1, -0.05) is 34.1 Å². The summed E-state index contributed by atoms with van der Waals surface area (Å²) in [7, 11) is 0. The Morgan fingerprint density at radius 3 is 2.60 bits per heavy atom. The van der Waals surface area contributed by atoms with Gasteiger partial charge in [-0.25, -0.2) is 0 Å². The minimum atomic E-state index is 0.343. The van der Waals surface area contributed by atoms with E-state index in [0.717, 1.165) is 19.6 Å². The molecule has 1 aromatic rings. The molecule has 0 amide bonds. The molecule has 0 aliphatic heterocycles. The van der Waals surface area contributed by atoms with Crippen LogP contribution in [0, 0.1) is 8.99 Å². The number of rotatable bonds is 9. The lowest BCUT2D eigenvalue weighted by molar-refractivity contribution is 0.377. The molecule has 0 unspecified atom stereocenters. The van der Waals surface area contributed by atoms with Crippen LogP contribution in [0.1, 0.15) is 52.5 Å². The Bertz CT molecular complexity index is 402. The molecular weight excluding hydrogens is 359 g/mol. The number of halogens is 1. The van der Waals surface area contributed by atoms with Gasteiger partial charge in [0.25, 0.3) is 0 Å². The summed E-state index contributed by atoms with van der Waals surface area (Å²) < 4.78 is 1.30. The van der Waals surface area contributed by atoms with Crippen molar-refractivity contribution in [1.29, 1.82) is 0 Å². The lowest BCUT2D eigenvalue weighted by atomic mass is 9.90. The fraction of sp³-hybridized carbons (Fsp3) is 0.647. The van der Waals surface area contributed by atoms with E-state index in [9.17, 15) is 0 Å². The van der Waals surface area contributed by atoms with E-state index >= 15 is 0 Å². The van der Waals surface area contributed by atoms with Gasteiger partial charge < -0.3 is 10.6 Å². The lowest BCUT2D eigenvalue weighted by Gasteiger charge is -2.24. The van der Waals surface area contributed by atoms with Crippen molar-refractivity contribution in [2.24, 2.45) is 5.41 Å². The van der Waals surface area contributed by atoms with Gasteiger partial charge >= 0.3 is 0 Å². The zero-order valence-electron chi connectivity index (χ0n) is 13.4. The summed E-state index contributed by atoms with van der Waals surface area (Å²) in [4.78, 5) is 0. The SMILES string of the molecule is CCCCNCc1cc(I)ccc1NCC(C)(C)CC. The van der Waals surface area contributed by atoms with Crippen LogP contribution in [0.5, 0.6) is 0 Å². The van der Waals surface area contributed by atoms with Crippen LogP contribution in [0.3, 0.4) is 0 Å². The average Bonchev–Trinajstić information content (AvgIpc) is 2.43. The van der Waals surface area contributed by atoms with E-state index in [2.05, 4.69) is 79.1 Å². The molecule has 114 valence electrons. The van der Waals surface area contributed by atoms with E-state index in [-0.39, 0.29) is 0 Å². The molecule has 0 spiro atoms. The molecular formula is C17H29IN2. The second-order valence-corrected chi connectivity index (χ2v) is 7.45. The van der Waals surface area contributed by atoms with E-state index in [4.69, 9.17) is 0 Å². The third kappa shape index (κ3) is 6.44. The Morgan fingerprint density at radius 2 is 1.95 bits per heavy atom. The molecule has 3 heteroatoms. The van der Waals surface area contributed by atoms with Crippen molar-refractivity contribution < 1.29 is 0 Å². The maximum Gasteiger partial charge on any atom is 0.0386 e. The minimum Gasteiger partial charge on any atom is -0.384 e. The van der Waals surface area contributed by atoms with Crippen molar-refractivity contribution in [3.05, 3.63) is 27.3 Å². The van der Waals surface area contributed by atoms with Gasteiger partial charge in [0.15, 0.2) is 0 Å². The molecule has 0 atom stereocenters. The van der Waals surface area contributed by atoms with Crippen molar-refractivity contribution in [1.82, 2.24) is 5.32 Å². The molecule has 2 N–H and O–H groups in total. The number of nitrogens with one attached hydrogen (secondary N) is 2. The fourth-order valence-electron chi connectivity index (χ4n) is 1.87. The summed E-state index contributed by atoms with van der Waals surface area (Å²) >= 11 is 2.39. The van der Waals surface area contributed by atoms with E-state index in [0.29, 0.717) is 5.41 Å². The number of benzene rings is 1. The molecule has 0 radical (unpaired) electrons. The Labute approximate surface area is 138 Å². The van der Waals surface area contributed by atoms with Crippen LogP contribution in [0.4, 0.5) is 5.69 Å². The van der Waals surface area contributed by atoms with E-state index in [1.54, 1.807) is 0 Å².